The highest BCUT2D eigenvalue weighted by atomic mass is 19.1. The molecule has 1 aromatic carbocycles. The lowest BCUT2D eigenvalue weighted by molar-refractivity contribution is -0.0284. The average Bonchev–Trinajstić information content (AvgIpc) is 3.06. The average molecular weight is 390 g/mol. The third kappa shape index (κ3) is 5.69. The molecule has 0 amide bonds. The molecule has 3 N–H and O–H groups in total. The largest absolute Gasteiger partial charge is 0.374 e. The van der Waals surface area contributed by atoms with Crippen molar-refractivity contribution in [2.75, 3.05) is 46.4 Å². The summed E-state index contributed by atoms with van der Waals surface area (Å²) in [5.41, 5.74) is 2.05. The highest BCUT2D eigenvalue weighted by Gasteiger charge is 2.21. The van der Waals surface area contributed by atoms with E-state index in [0.29, 0.717) is 12.5 Å². The van der Waals surface area contributed by atoms with Gasteiger partial charge in [0, 0.05) is 56.9 Å². The van der Waals surface area contributed by atoms with Gasteiger partial charge in [0.2, 0.25) is 0 Å². The Bertz CT molecular complexity index is 788. The third-order valence-electron chi connectivity index (χ3n) is 4.98. The van der Waals surface area contributed by atoms with E-state index in [-0.39, 0.29) is 11.9 Å². The van der Waals surface area contributed by atoms with Crippen LogP contribution in [0, 0.1) is 11.7 Å². The fourth-order valence-corrected chi connectivity index (χ4v) is 3.69. The van der Waals surface area contributed by atoms with Crippen LogP contribution in [0.25, 0.3) is 10.9 Å². The second-order valence-electron chi connectivity index (χ2n) is 7.78. The summed E-state index contributed by atoms with van der Waals surface area (Å²) >= 11 is 0. The molecule has 7 heteroatoms. The lowest BCUT2D eigenvalue weighted by atomic mass is 10.1. The van der Waals surface area contributed by atoms with Gasteiger partial charge in [0.05, 0.1) is 12.7 Å². The maximum absolute atomic E-state index is 13.5. The number of hydrogen-bond donors (Lipinski definition) is 3. The highest BCUT2D eigenvalue weighted by Crippen LogP contribution is 2.19. The molecule has 3 rings (SSSR count). The van der Waals surface area contributed by atoms with Crippen LogP contribution < -0.4 is 10.6 Å². The predicted molar refractivity (Wildman–Crippen MR) is 112 cm³/mol. The van der Waals surface area contributed by atoms with Gasteiger partial charge in [-0.3, -0.25) is 9.89 Å². The molecule has 1 aromatic heterocycles. The SMILES string of the molecule is CN=C(NCCc1c[nH]c2ccc(F)cc12)NCC1CN(CC(C)C)CCO1. The van der Waals surface area contributed by atoms with E-state index in [4.69, 9.17) is 4.74 Å². The lowest BCUT2D eigenvalue weighted by Crippen LogP contribution is -2.50. The summed E-state index contributed by atoms with van der Waals surface area (Å²) in [6, 6.07) is 4.83. The molecule has 0 spiro atoms. The number of nitrogens with zero attached hydrogens (tertiary/aromatic N) is 2. The van der Waals surface area contributed by atoms with Crippen LogP contribution in [0.4, 0.5) is 4.39 Å². The molecule has 2 heterocycles. The number of nitrogens with one attached hydrogen (secondary N) is 3. The Hall–Kier alpha value is -2.12. The first-order valence-corrected chi connectivity index (χ1v) is 10.1. The fraction of sp³-hybridized carbons (Fsp3) is 0.571. The van der Waals surface area contributed by atoms with Gasteiger partial charge in [0.25, 0.3) is 0 Å². The number of aromatic nitrogens is 1. The summed E-state index contributed by atoms with van der Waals surface area (Å²) in [5.74, 6) is 1.22. The standard InChI is InChI=1S/C21H32FN5O/c1-15(2)13-27-8-9-28-18(14-27)12-26-21(23-3)24-7-6-16-11-25-20-5-4-17(22)10-19(16)20/h4-5,10-11,15,18,25H,6-9,12-14H2,1-3H3,(H2,23,24,26). The summed E-state index contributed by atoms with van der Waals surface area (Å²) in [4.78, 5) is 9.95. The quantitative estimate of drug-likeness (QED) is 0.503. The third-order valence-corrected chi connectivity index (χ3v) is 4.98. The molecule has 28 heavy (non-hydrogen) atoms. The summed E-state index contributed by atoms with van der Waals surface area (Å²) in [5, 5.41) is 7.63. The molecule has 1 atom stereocenters. The van der Waals surface area contributed by atoms with E-state index < -0.39 is 0 Å². The Morgan fingerprint density at radius 1 is 1.39 bits per heavy atom. The summed E-state index contributed by atoms with van der Waals surface area (Å²) in [7, 11) is 1.77. The molecular formula is C21H32FN5O. The number of rotatable bonds is 7. The zero-order chi connectivity index (χ0) is 19.9. The van der Waals surface area contributed by atoms with Gasteiger partial charge in [0.1, 0.15) is 5.82 Å². The zero-order valence-corrected chi connectivity index (χ0v) is 17.1. The maximum atomic E-state index is 13.5. The number of fused-ring (bicyclic) bond motifs is 1. The van der Waals surface area contributed by atoms with E-state index >= 15 is 0 Å². The molecule has 1 saturated heterocycles. The predicted octanol–water partition coefficient (Wildman–Crippen LogP) is 2.37. The molecule has 1 fully saturated rings. The number of aliphatic imine (C=N–C) groups is 1. The Labute approximate surface area is 166 Å². The Kier molecular flexibility index (Phi) is 7.28. The second kappa shape index (κ2) is 9.89. The van der Waals surface area contributed by atoms with Crippen LogP contribution >= 0.6 is 0 Å². The van der Waals surface area contributed by atoms with Crippen molar-refractivity contribution in [3.63, 3.8) is 0 Å². The van der Waals surface area contributed by atoms with Crippen LogP contribution in [0.1, 0.15) is 19.4 Å². The summed E-state index contributed by atoms with van der Waals surface area (Å²) in [6.07, 6.45) is 2.90. The van der Waals surface area contributed by atoms with Crippen LogP contribution in [0.3, 0.4) is 0 Å². The van der Waals surface area contributed by atoms with Gasteiger partial charge in [0.15, 0.2) is 5.96 Å². The summed E-state index contributed by atoms with van der Waals surface area (Å²) in [6.45, 7) is 9.78. The Morgan fingerprint density at radius 2 is 2.25 bits per heavy atom. The van der Waals surface area contributed by atoms with Crippen molar-refractivity contribution in [3.05, 3.63) is 35.8 Å². The molecular weight excluding hydrogens is 357 g/mol. The number of morpholine rings is 1. The smallest absolute Gasteiger partial charge is 0.191 e. The Balaban J connectivity index is 1.44. The molecule has 0 bridgehead atoms. The summed E-state index contributed by atoms with van der Waals surface area (Å²) < 4.78 is 19.4. The number of hydrogen-bond acceptors (Lipinski definition) is 3. The van der Waals surface area contributed by atoms with Crippen LogP contribution in [-0.4, -0.2) is 68.3 Å². The van der Waals surface area contributed by atoms with Crippen LogP contribution in [-0.2, 0) is 11.2 Å². The van der Waals surface area contributed by atoms with E-state index in [0.717, 1.165) is 61.6 Å². The molecule has 154 valence electrons. The molecule has 1 aliphatic rings. The van der Waals surface area contributed by atoms with E-state index in [2.05, 4.69) is 39.4 Å². The molecule has 0 radical (unpaired) electrons. The van der Waals surface area contributed by atoms with Gasteiger partial charge in [-0.2, -0.15) is 0 Å². The first-order valence-electron chi connectivity index (χ1n) is 10.1. The number of guanidine groups is 1. The zero-order valence-electron chi connectivity index (χ0n) is 17.1. The van der Waals surface area contributed by atoms with E-state index in [1.54, 1.807) is 19.2 Å². The van der Waals surface area contributed by atoms with Gasteiger partial charge in [-0.1, -0.05) is 13.8 Å². The second-order valence-corrected chi connectivity index (χ2v) is 7.78. The number of halogens is 1. The van der Waals surface area contributed by atoms with Crippen molar-refractivity contribution in [2.45, 2.75) is 26.4 Å². The highest BCUT2D eigenvalue weighted by molar-refractivity contribution is 5.83. The maximum Gasteiger partial charge on any atom is 0.191 e. The minimum atomic E-state index is -0.210. The van der Waals surface area contributed by atoms with E-state index in [1.807, 2.05) is 6.20 Å². The number of ether oxygens (including phenoxy) is 1. The van der Waals surface area contributed by atoms with Crippen molar-refractivity contribution in [2.24, 2.45) is 10.9 Å². The number of benzene rings is 1. The monoisotopic (exact) mass is 389 g/mol. The van der Waals surface area contributed by atoms with E-state index in [9.17, 15) is 4.39 Å². The van der Waals surface area contributed by atoms with Crippen LogP contribution in [0.15, 0.2) is 29.4 Å². The van der Waals surface area contributed by atoms with Crippen molar-refractivity contribution in [1.29, 1.82) is 0 Å². The fourth-order valence-electron chi connectivity index (χ4n) is 3.69. The molecule has 1 aliphatic heterocycles. The minimum absolute atomic E-state index is 0.169. The number of H-pyrrole nitrogens is 1. The van der Waals surface area contributed by atoms with E-state index in [1.165, 1.54) is 6.07 Å². The van der Waals surface area contributed by atoms with Crippen LogP contribution in [0.2, 0.25) is 0 Å². The first kappa shape index (κ1) is 20.6. The van der Waals surface area contributed by atoms with Gasteiger partial charge < -0.3 is 20.4 Å². The van der Waals surface area contributed by atoms with Gasteiger partial charge in [-0.25, -0.2) is 4.39 Å². The number of aromatic amines is 1. The van der Waals surface area contributed by atoms with Crippen molar-refractivity contribution in [1.82, 2.24) is 20.5 Å². The normalized spacial score (nSPS) is 18.8. The Morgan fingerprint density at radius 3 is 3.04 bits per heavy atom. The van der Waals surface area contributed by atoms with Gasteiger partial charge in [-0.05, 0) is 36.1 Å². The molecule has 6 nitrogen and oxygen atoms in total. The minimum Gasteiger partial charge on any atom is -0.374 e. The van der Waals surface area contributed by atoms with Crippen molar-refractivity contribution in [3.8, 4) is 0 Å². The van der Waals surface area contributed by atoms with Gasteiger partial charge >= 0.3 is 0 Å². The molecule has 0 aliphatic carbocycles. The van der Waals surface area contributed by atoms with Crippen LogP contribution in [0.5, 0.6) is 0 Å². The van der Waals surface area contributed by atoms with Crippen molar-refractivity contribution >= 4 is 16.9 Å². The molecule has 0 saturated carbocycles. The van der Waals surface area contributed by atoms with Crippen molar-refractivity contribution < 1.29 is 9.13 Å². The molecule has 1 unspecified atom stereocenters. The van der Waals surface area contributed by atoms with Gasteiger partial charge in [-0.15, -0.1) is 0 Å². The topological polar surface area (TPSA) is 64.7 Å². The molecule has 2 aromatic rings. The first-order chi connectivity index (χ1) is 13.5. The lowest BCUT2D eigenvalue weighted by Gasteiger charge is -2.34.